The number of hydrogen-bond donors (Lipinski definition) is 0. The fraction of sp³-hybridized carbons (Fsp3) is 0.286. The molecule has 2 aromatic carbocycles. The van der Waals surface area contributed by atoms with Crippen LogP contribution in [-0.4, -0.2) is 27.1 Å². The Morgan fingerprint density at radius 3 is 2.28 bits per heavy atom. The molecule has 0 amide bonds. The van der Waals surface area contributed by atoms with Gasteiger partial charge in [-0.1, -0.05) is 24.3 Å². The molecule has 0 heterocycles. The fourth-order valence-corrected chi connectivity index (χ4v) is 3.33. The Hall–Kier alpha value is -2.75. The van der Waals surface area contributed by atoms with Crippen LogP contribution in [0.5, 0.6) is 17.2 Å². The molecule has 0 radical (unpaired) electrons. The summed E-state index contributed by atoms with van der Waals surface area (Å²) in [6, 6.07) is 13.7. The van der Waals surface area contributed by atoms with Crippen LogP contribution in [-0.2, 0) is 4.79 Å². The lowest BCUT2D eigenvalue weighted by atomic mass is 9.81. The summed E-state index contributed by atoms with van der Waals surface area (Å²) in [7, 11) is 4.88. The molecule has 4 nitrogen and oxygen atoms in total. The molecule has 0 unspecified atom stereocenters. The van der Waals surface area contributed by atoms with Gasteiger partial charge in [-0.05, 0) is 47.8 Å². The summed E-state index contributed by atoms with van der Waals surface area (Å²) in [4.78, 5) is 12.3. The predicted molar refractivity (Wildman–Crippen MR) is 97.5 cm³/mol. The molecule has 0 saturated heterocycles. The Balaban J connectivity index is 1.93. The van der Waals surface area contributed by atoms with E-state index < -0.39 is 0 Å². The Morgan fingerprint density at radius 1 is 0.840 bits per heavy atom. The average Bonchev–Trinajstić information content (AvgIpc) is 2.66. The molecule has 1 aliphatic carbocycles. The van der Waals surface area contributed by atoms with Crippen LogP contribution in [0.2, 0.25) is 0 Å². The minimum absolute atomic E-state index is 0.109. The molecule has 130 valence electrons. The van der Waals surface area contributed by atoms with Gasteiger partial charge in [0.15, 0.2) is 17.3 Å². The van der Waals surface area contributed by atoms with E-state index in [1.165, 1.54) is 0 Å². The molecule has 0 spiro atoms. The first-order chi connectivity index (χ1) is 12.2. The summed E-state index contributed by atoms with van der Waals surface area (Å²) in [5, 5.41) is 0. The first-order valence-electron chi connectivity index (χ1n) is 8.25. The lowest BCUT2D eigenvalue weighted by molar-refractivity contribution is -0.115. The molecule has 1 aliphatic rings. The highest BCUT2D eigenvalue weighted by Gasteiger charge is 2.25. The van der Waals surface area contributed by atoms with Gasteiger partial charge in [0.05, 0.1) is 21.3 Å². The van der Waals surface area contributed by atoms with Crippen LogP contribution < -0.4 is 14.2 Å². The van der Waals surface area contributed by atoms with Crippen LogP contribution in [0.1, 0.15) is 29.9 Å². The van der Waals surface area contributed by atoms with E-state index in [4.69, 9.17) is 14.2 Å². The molecule has 0 fully saturated rings. The number of ether oxygens (including phenoxy) is 3. The van der Waals surface area contributed by atoms with E-state index in [0.717, 1.165) is 28.9 Å². The lowest BCUT2D eigenvalue weighted by Gasteiger charge is -2.24. The molecule has 3 rings (SSSR count). The number of rotatable bonds is 5. The number of para-hydroxylation sites is 1. The Morgan fingerprint density at radius 2 is 1.56 bits per heavy atom. The number of methoxy groups -OCH3 is 3. The van der Waals surface area contributed by atoms with Gasteiger partial charge in [-0.25, -0.2) is 0 Å². The van der Waals surface area contributed by atoms with Gasteiger partial charge in [0.2, 0.25) is 0 Å². The van der Waals surface area contributed by atoms with E-state index in [0.29, 0.717) is 17.9 Å². The van der Waals surface area contributed by atoms with Gasteiger partial charge in [0, 0.05) is 12.0 Å². The van der Waals surface area contributed by atoms with Gasteiger partial charge in [-0.3, -0.25) is 4.79 Å². The van der Waals surface area contributed by atoms with Crippen LogP contribution in [0.4, 0.5) is 0 Å². The third-order valence-corrected chi connectivity index (χ3v) is 4.58. The normalized spacial score (nSPS) is 17.0. The van der Waals surface area contributed by atoms with Gasteiger partial charge >= 0.3 is 0 Å². The number of allylic oxidation sites excluding steroid dienone is 2. The number of carbonyl (C=O) groups is 1. The summed E-state index contributed by atoms with van der Waals surface area (Å²) in [5.74, 6) is 2.40. The maximum atomic E-state index is 12.3. The molecule has 1 atom stereocenters. The molecule has 0 N–H and O–H groups in total. The number of hydrogen-bond acceptors (Lipinski definition) is 4. The average molecular weight is 338 g/mol. The lowest BCUT2D eigenvalue weighted by Crippen LogP contribution is -2.13. The molecule has 0 saturated carbocycles. The highest BCUT2D eigenvalue weighted by Crippen LogP contribution is 2.40. The van der Waals surface area contributed by atoms with Crippen LogP contribution >= 0.6 is 0 Å². The minimum Gasteiger partial charge on any atom is -0.496 e. The van der Waals surface area contributed by atoms with Crippen molar-refractivity contribution in [1.82, 2.24) is 0 Å². The van der Waals surface area contributed by atoms with Crippen molar-refractivity contribution in [2.24, 2.45) is 0 Å². The van der Waals surface area contributed by atoms with E-state index in [9.17, 15) is 4.79 Å². The van der Waals surface area contributed by atoms with Crippen LogP contribution in [0.3, 0.4) is 0 Å². The molecule has 0 aromatic heterocycles. The third-order valence-electron chi connectivity index (χ3n) is 4.58. The van der Waals surface area contributed by atoms with Crippen molar-refractivity contribution in [2.45, 2.75) is 18.8 Å². The second-order valence-electron chi connectivity index (χ2n) is 6.06. The van der Waals surface area contributed by atoms with Gasteiger partial charge in [-0.15, -0.1) is 0 Å². The van der Waals surface area contributed by atoms with Gasteiger partial charge in [0.1, 0.15) is 5.75 Å². The summed E-state index contributed by atoms with van der Waals surface area (Å²) < 4.78 is 16.2. The smallest absolute Gasteiger partial charge is 0.160 e. The van der Waals surface area contributed by atoms with Crippen LogP contribution in [0, 0.1) is 0 Å². The second kappa shape index (κ2) is 7.43. The molecule has 0 aliphatic heterocycles. The van der Waals surface area contributed by atoms with Crippen molar-refractivity contribution in [2.75, 3.05) is 21.3 Å². The monoisotopic (exact) mass is 338 g/mol. The van der Waals surface area contributed by atoms with Crippen molar-refractivity contribution in [3.63, 3.8) is 0 Å². The summed E-state index contributed by atoms with van der Waals surface area (Å²) in [6.07, 6.45) is 3.02. The van der Waals surface area contributed by atoms with E-state index >= 15 is 0 Å². The van der Waals surface area contributed by atoms with Crippen molar-refractivity contribution in [1.29, 1.82) is 0 Å². The summed E-state index contributed by atoms with van der Waals surface area (Å²) in [6.45, 7) is 0. The SMILES string of the molecule is COc1ccc([C@H]2CC(=O)C=C(c3ccccc3OC)C2)cc1OC. The molecule has 4 heteroatoms. The molecule has 2 aromatic rings. The molecular formula is C21H22O4. The van der Waals surface area contributed by atoms with Gasteiger partial charge in [0.25, 0.3) is 0 Å². The van der Waals surface area contributed by atoms with E-state index in [1.54, 1.807) is 27.4 Å². The minimum atomic E-state index is 0.109. The highest BCUT2D eigenvalue weighted by molar-refractivity contribution is 5.99. The predicted octanol–water partition coefficient (Wildman–Crippen LogP) is 4.24. The fourth-order valence-electron chi connectivity index (χ4n) is 3.33. The van der Waals surface area contributed by atoms with Crippen LogP contribution in [0.15, 0.2) is 48.5 Å². The quantitative estimate of drug-likeness (QED) is 0.818. The Bertz CT molecular complexity index is 807. The van der Waals surface area contributed by atoms with Crippen molar-refractivity contribution in [3.8, 4) is 17.2 Å². The standard InChI is InChI=1S/C21H22O4/c1-23-19-7-5-4-6-18(19)16-10-15(11-17(22)12-16)14-8-9-20(24-2)21(13-14)25-3/h4-9,12-13,15H,10-11H2,1-3H3/t15-/m1/s1. The van der Waals surface area contributed by atoms with E-state index in [1.807, 2.05) is 42.5 Å². The number of carbonyl (C=O) groups excluding carboxylic acids is 1. The summed E-state index contributed by atoms with van der Waals surface area (Å²) >= 11 is 0. The zero-order valence-corrected chi connectivity index (χ0v) is 14.7. The zero-order chi connectivity index (χ0) is 17.8. The first-order valence-corrected chi connectivity index (χ1v) is 8.25. The Labute approximate surface area is 148 Å². The van der Waals surface area contributed by atoms with Crippen molar-refractivity contribution >= 4 is 11.4 Å². The number of benzene rings is 2. The molecule has 0 bridgehead atoms. The number of ketones is 1. The maximum absolute atomic E-state index is 12.3. The molecule has 25 heavy (non-hydrogen) atoms. The van der Waals surface area contributed by atoms with Crippen molar-refractivity contribution in [3.05, 3.63) is 59.7 Å². The second-order valence-corrected chi connectivity index (χ2v) is 6.06. The van der Waals surface area contributed by atoms with Gasteiger partial charge < -0.3 is 14.2 Å². The van der Waals surface area contributed by atoms with Crippen LogP contribution in [0.25, 0.3) is 5.57 Å². The zero-order valence-electron chi connectivity index (χ0n) is 14.7. The first kappa shape index (κ1) is 17.1. The topological polar surface area (TPSA) is 44.8 Å². The third kappa shape index (κ3) is 3.53. The molecular weight excluding hydrogens is 316 g/mol. The van der Waals surface area contributed by atoms with E-state index in [-0.39, 0.29) is 11.7 Å². The summed E-state index contributed by atoms with van der Waals surface area (Å²) in [5.41, 5.74) is 3.06. The van der Waals surface area contributed by atoms with Crippen molar-refractivity contribution < 1.29 is 19.0 Å². The van der Waals surface area contributed by atoms with Gasteiger partial charge in [-0.2, -0.15) is 0 Å². The Kier molecular flexibility index (Phi) is 5.08. The largest absolute Gasteiger partial charge is 0.496 e. The van der Waals surface area contributed by atoms with E-state index in [2.05, 4.69) is 0 Å². The maximum Gasteiger partial charge on any atom is 0.160 e. The highest BCUT2D eigenvalue weighted by atomic mass is 16.5.